The van der Waals surface area contributed by atoms with E-state index in [1.54, 1.807) is 50.4 Å². The quantitative estimate of drug-likeness (QED) is 0.470. The van der Waals surface area contributed by atoms with Crippen LogP contribution in [0.2, 0.25) is 0 Å². The van der Waals surface area contributed by atoms with Crippen LogP contribution in [0.5, 0.6) is 0 Å². The number of primary amides is 1. The molecule has 10 nitrogen and oxygen atoms in total. The monoisotopic (exact) mass is 401 g/mol. The van der Waals surface area contributed by atoms with Gasteiger partial charge in [0, 0.05) is 17.4 Å². The van der Waals surface area contributed by atoms with Crippen LogP contribution in [0.1, 0.15) is 23.1 Å². The third-order valence-electron chi connectivity index (χ3n) is 3.85. The van der Waals surface area contributed by atoms with Gasteiger partial charge in [-0.2, -0.15) is 5.10 Å². The van der Waals surface area contributed by atoms with Crippen molar-refractivity contribution in [1.82, 2.24) is 20.2 Å². The number of aryl methyl sites for hydroxylation is 1. The SMILES string of the molecule is CCS(=O)(=O)Nc1ccc(-c2n[nH]c(Nc3ccnc(C)n3)c2C(N)=O)cc1. The van der Waals surface area contributed by atoms with E-state index in [4.69, 9.17) is 5.73 Å². The lowest BCUT2D eigenvalue weighted by Crippen LogP contribution is -2.14. The highest BCUT2D eigenvalue weighted by atomic mass is 32.2. The lowest BCUT2D eigenvalue weighted by Gasteiger charge is -2.07. The summed E-state index contributed by atoms with van der Waals surface area (Å²) in [4.78, 5) is 20.3. The Kier molecular flexibility index (Phi) is 5.27. The zero-order valence-corrected chi connectivity index (χ0v) is 16.0. The van der Waals surface area contributed by atoms with E-state index in [1.165, 1.54) is 0 Å². The van der Waals surface area contributed by atoms with Crippen LogP contribution >= 0.6 is 0 Å². The molecule has 0 bridgehead atoms. The molecule has 0 aliphatic carbocycles. The fourth-order valence-electron chi connectivity index (χ4n) is 2.48. The Hall–Kier alpha value is -3.47. The van der Waals surface area contributed by atoms with E-state index < -0.39 is 15.9 Å². The molecule has 0 atom stereocenters. The molecule has 5 N–H and O–H groups in total. The molecule has 0 spiro atoms. The molecule has 2 heterocycles. The van der Waals surface area contributed by atoms with Gasteiger partial charge in [0.25, 0.3) is 5.91 Å². The van der Waals surface area contributed by atoms with Crippen molar-refractivity contribution in [2.24, 2.45) is 5.73 Å². The Morgan fingerprint density at radius 3 is 2.54 bits per heavy atom. The van der Waals surface area contributed by atoms with Crippen molar-refractivity contribution < 1.29 is 13.2 Å². The second-order valence-electron chi connectivity index (χ2n) is 5.88. The molecule has 0 fully saturated rings. The minimum atomic E-state index is -3.37. The van der Waals surface area contributed by atoms with E-state index in [1.807, 2.05) is 0 Å². The molecular weight excluding hydrogens is 382 g/mol. The van der Waals surface area contributed by atoms with E-state index in [0.29, 0.717) is 34.4 Å². The number of benzene rings is 1. The Labute approximate surface area is 161 Å². The van der Waals surface area contributed by atoms with Crippen LogP contribution in [0.25, 0.3) is 11.3 Å². The van der Waals surface area contributed by atoms with Crippen LogP contribution in [-0.4, -0.2) is 40.2 Å². The largest absolute Gasteiger partial charge is 0.365 e. The first-order valence-electron chi connectivity index (χ1n) is 8.35. The van der Waals surface area contributed by atoms with Gasteiger partial charge in [-0.15, -0.1) is 0 Å². The zero-order valence-electron chi connectivity index (χ0n) is 15.2. The molecule has 0 radical (unpaired) electrons. The van der Waals surface area contributed by atoms with Gasteiger partial charge in [-0.05, 0) is 32.0 Å². The number of aromatic amines is 1. The summed E-state index contributed by atoms with van der Waals surface area (Å²) in [7, 11) is -3.37. The molecule has 3 rings (SSSR count). The van der Waals surface area contributed by atoms with Crippen molar-refractivity contribution in [1.29, 1.82) is 0 Å². The Bertz CT molecular complexity index is 1110. The summed E-state index contributed by atoms with van der Waals surface area (Å²) in [6.45, 7) is 3.29. The molecule has 28 heavy (non-hydrogen) atoms. The third-order valence-corrected chi connectivity index (χ3v) is 5.16. The highest BCUT2D eigenvalue weighted by Crippen LogP contribution is 2.29. The smallest absolute Gasteiger partial charge is 0.254 e. The van der Waals surface area contributed by atoms with Gasteiger partial charge in [-0.1, -0.05) is 12.1 Å². The lowest BCUT2D eigenvalue weighted by molar-refractivity contribution is 0.100. The lowest BCUT2D eigenvalue weighted by atomic mass is 10.1. The standard InChI is InChI=1S/C17H19N7O3S/c1-3-28(26,27)24-12-6-4-11(5-7-12)15-14(16(18)25)17(23-22-15)21-13-8-9-19-10(2)20-13/h4-9,24H,3H2,1-2H3,(H2,18,25)(H2,19,20,21,22,23). The summed E-state index contributed by atoms with van der Waals surface area (Å²) in [6, 6.07) is 8.11. The fraction of sp³-hybridized carbons (Fsp3) is 0.176. The summed E-state index contributed by atoms with van der Waals surface area (Å²) in [5.41, 5.74) is 7.06. The molecule has 3 aromatic rings. The average Bonchev–Trinajstić information content (AvgIpc) is 3.06. The van der Waals surface area contributed by atoms with E-state index in [-0.39, 0.29) is 11.3 Å². The molecule has 1 amide bonds. The molecule has 1 aromatic carbocycles. The van der Waals surface area contributed by atoms with Crippen molar-refractivity contribution >= 4 is 33.3 Å². The molecule has 0 aliphatic rings. The van der Waals surface area contributed by atoms with Gasteiger partial charge in [-0.25, -0.2) is 18.4 Å². The Morgan fingerprint density at radius 2 is 1.93 bits per heavy atom. The number of carbonyl (C=O) groups is 1. The third kappa shape index (κ3) is 4.26. The number of nitrogens with two attached hydrogens (primary N) is 1. The maximum atomic E-state index is 12.0. The van der Waals surface area contributed by atoms with E-state index >= 15 is 0 Å². The van der Waals surface area contributed by atoms with E-state index in [9.17, 15) is 13.2 Å². The highest BCUT2D eigenvalue weighted by Gasteiger charge is 2.20. The molecule has 11 heteroatoms. The van der Waals surface area contributed by atoms with Gasteiger partial charge in [0.2, 0.25) is 10.0 Å². The van der Waals surface area contributed by atoms with Crippen LogP contribution in [0.3, 0.4) is 0 Å². The van der Waals surface area contributed by atoms with Crippen LogP contribution < -0.4 is 15.8 Å². The fourth-order valence-corrected chi connectivity index (χ4v) is 3.12. The first kappa shape index (κ1) is 19.3. The number of carbonyl (C=O) groups excluding carboxylic acids is 1. The average molecular weight is 401 g/mol. The number of nitrogens with zero attached hydrogens (tertiary/aromatic N) is 3. The number of nitrogens with one attached hydrogen (secondary N) is 3. The molecule has 0 saturated carbocycles. The van der Waals surface area contributed by atoms with Gasteiger partial charge >= 0.3 is 0 Å². The number of amides is 1. The summed E-state index contributed by atoms with van der Waals surface area (Å²) in [5.74, 6) is 0.645. The van der Waals surface area contributed by atoms with Crippen LogP contribution in [0.15, 0.2) is 36.5 Å². The predicted octanol–water partition coefficient (Wildman–Crippen LogP) is 1.78. The summed E-state index contributed by atoms with van der Waals surface area (Å²) < 4.78 is 25.8. The Morgan fingerprint density at radius 1 is 1.21 bits per heavy atom. The summed E-state index contributed by atoms with van der Waals surface area (Å²) in [5, 5.41) is 9.90. The summed E-state index contributed by atoms with van der Waals surface area (Å²) in [6.07, 6.45) is 1.59. The van der Waals surface area contributed by atoms with Gasteiger partial charge in [0.05, 0.1) is 5.75 Å². The number of H-pyrrole nitrogens is 1. The highest BCUT2D eigenvalue weighted by molar-refractivity contribution is 7.92. The maximum absolute atomic E-state index is 12.0. The van der Waals surface area contributed by atoms with Crippen molar-refractivity contribution in [2.75, 3.05) is 15.8 Å². The number of hydrogen-bond acceptors (Lipinski definition) is 7. The van der Waals surface area contributed by atoms with Gasteiger partial charge in [0.1, 0.15) is 28.7 Å². The van der Waals surface area contributed by atoms with Crippen molar-refractivity contribution in [3.8, 4) is 11.3 Å². The number of anilines is 3. The normalized spacial score (nSPS) is 11.2. The maximum Gasteiger partial charge on any atom is 0.254 e. The minimum Gasteiger partial charge on any atom is -0.365 e. The summed E-state index contributed by atoms with van der Waals surface area (Å²) >= 11 is 0. The number of hydrogen-bond donors (Lipinski definition) is 4. The van der Waals surface area contributed by atoms with Gasteiger partial charge in [-0.3, -0.25) is 14.6 Å². The van der Waals surface area contributed by atoms with Gasteiger partial charge < -0.3 is 11.1 Å². The number of sulfonamides is 1. The molecule has 146 valence electrons. The van der Waals surface area contributed by atoms with Crippen LogP contribution in [-0.2, 0) is 10.0 Å². The van der Waals surface area contributed by atoms with Crippen LogP contribution in [0.4, 0.5) is 17.3 Å². The Balaban J connectivity index is 1.92. The molecule has 0 saturated heterocycles. The van der Waals surface area contributed by atoms with Gasteiger partial charge in [0.15, 0.2) is 0 Å². The molecular formula is C17H19N7O3S. The molecule has 0 unspecified atom stereocenters. The molecule has 2 aromatic heterocycles. The van der Waals surface area contributed by atoms with Crippen molar-refractivity contribution in [2.45, 2.75) is 13.8 Å². The van der Waals surface area contributed by atoms with E-state index in [0.717, 1.165) is 0 Å². The first-order chi connectivity index (χ1) is 13.3. The van der Waals surface area contributed by atoms with Crippen LogP contribution in [0, 0.1) is 6.92 Å². The number of aromatic nitrogens is 4. The first-order valence-corrected chi connectivity index (χ1v) is 10.00. The molecule has 0 aliphatic heterocycles. The predicted molar refractivity (Wildman–Crippen MR) is 106 cm³/mol. The zero-order chi connectivity index (χ0) is 20.3. The van der Waals surface area contributed by atoms with E-state index in [2.05, 4.69) is 30.2 Å². The topological polar surface area (TPSA) is 156 Å². The second kappa shape index (κ2) is 7.64. The second-order valence-corrected chi connectivity index (χ2v) is 7.89. The van der Waals surface area contributed by atoms with Crippen molar-refractivity contribution in [3.05, 3.63) is 47.9 Å². The number of rotatable bonds is 7. The minimum absolute atomic E-state index is 0.0303. The van der Waals surface area contributed by atoms with Crippen molar-refractivity contribution in [3.63, 3.8) is 0 Å².